The van der Waals surface area contributed by atoms with E-state index in [1.807, 2.05) is 0 Å². The highest BCUT2D eigenvalue weighted by atomic mass is 32.1. The molecule has 1 rings (SSSR count). The van der Waals surface area contributed by atoms with Gasteiger partial charge in [-0.05, 0) is 24.3 Å². The maximum absolute atomic E-state index is 2.33. The van der Waals surface area contributed by atoms with Crippen LogP contribution in [0.3, 0.4) is 0 Å². The molecule has 1 aromatic rings. The molecule has 0 amide bonds. The molecule has 0 aromatic heterocycles. The number of aryl methyl sites for hydroxylation is 1. The normalized spacial score (nSPS) is 11.9. The lowest BCUT2D eigenvalue weighted by atomic mass is 9.90. The molecule has 1 atom stereocenters. The van der Waals surface area contributed by atoms with Crippen molar-refractivity contribution >= 4 is 13.5 Å². The second-order valence-electron chi connectivity index (χ2n) is 6.94. The van der Waals surface area contributed by atoms with Crippen LogP contribution in [0.4, 0.5) is 0 Å². The molecule has 0 spiro atoms. The molecule has 0 heterocycles. The number of unbranched alkanes of at least 4 members (excludes halogenated alkanes) is 6. The van der Waals surface area contributed by atoms with Crippen LogP contribution in [0.25, 0.3) is 0 Å². The fraction of sp³-hybridized carbons (Fsp3) is 0.727. The lowest BCUT2D eigenvalue weighted by molar-refractivity contribution is 0.378. The summed E-state index contributed by atoms with van der Waals surface area (Å²) in [5.74, 6) is 0.981. The summed E-state index contributed by atoms with van der Waals surface area (Å²) in [5, 5.41) is 0. The van der Waals surface area contributed by atoms with E-state index in [-0.39, 0.29) is 13.5 Å². The summed E-state index contributed by atoms with van der Waals surface area (Å²) in [5.41, 5.74) is 1.51. The Morgan fingerprint density at radius 2 is 1.22 bits per heavy atom. The first-order valence-corrected chi connectivity index (χ1v) is 9.90. The van der Waals surface area contributed by atoms with E-state index in [2.05, 4.69) is 44.2 Å². The largest absolute Gasteiger partial charge is 0.197 e. The zero-order chi connectivity index (χ0) is 15.9. The first-order valence-electron chi connectivity index (χ1n) is 9.90. The summed E-state index contributed by atoms with van der Waals surface area (Å²) in [4.78, 5) is 0. The molecule has 0 bridgehead atoms. The summed E-state index contributed by atoms with van der Waals surface area (Å²) in [6.07, 6.45) is 18.4. The van der Waals surface area contributed by atoms with Gasteiger partial charge >= 0.3 is 0 Å². The number of hydrogen-bond donors (Lipinski definition) is 0. The minimum absolute atomic E-state index is 0. The third kappa shape index (κ3) is 12.6. The van der Waals surface area contributed by atoms with Gasteiger partial charge in [-0.25, -0.2) is 0 Å². The number of benzene rings is 1. The molecule has 1 heteroatoms. The molecule has 0 fully saturated rings. The highest BCUT2D eigenvalue weighted by Crippen LogP contribution is 2.23. The molecule has 0 aliphatic rings. The van der Waals surface area contributed by atoms with E-state index in [1.54, 1.807) is 0 Å². The van der Waals surface area contributed by atoms with Crippen molar-refractivity contribution < 1.29 is 0 Å². The average Bonchev–Trinajstić information content (AvgIpc) is 2.56. The molecule has 0 saturated heterocycles. The summed E-state index contributed by atoms with van der Waals surface area (Å²) in [7, 11) is 0. The van der Waals surface area contributed by atoms with Crippen molar-refractivity contribution in [3.05, 3.63) is 35.9 Å². The van der Waals surface area contributed by atoms with Crippen molar-refractivity contribution in [1.29, 1.82) is 0 Å². The van der Waals surface area contributed by atoms with Gasteiger partial charge in [-0.2, -0.15) is 13.5 Å². The van der Waals surface area contributed by atoms with Crippen molar-refractivity contribution in [2.24, 2.45) is 5.92 Å². The Morgan fingerprint density at radius 3 is 1.91 bits per heavy atom. The lowest BCUT2D eigenvalue weighted by Gasteiger charge is -2.16. The molecule has 23 heavy (non-hydrogen) atoms. The number of rotatable bonds is 14. The lowest BCUT2D eigenvalue weighted by Crippen LogP contribution is -2.02. The van der Waals surface area contributed by atoms with Gasteiger partial charge < -0.3 is 0 Å². The van der Waals surface area contributed by atoms with Gasteiger partial charge in [0.1, 0.15) is 0 Å². The zero-order valence-electron chi connectivity index (χ0n) is 15.7. The van der Waals surface area contributed by atoms with Crippen LogP contribution in [0, 0.1) is 5.92 Å². The second-order valence-corrected chi connectivity index (χ2v) is 6.94. The van der Waals surface area contributed by atoms with Crippen molar-refractivity contribution in [2.75, 3.05) is 0 Å². The predicted molar refractivity (Wildman–Crippen MR) is 111 cm³/mol. The highest BCUT2D eigenvalue weighted by Gasteiger charge is 2.08. The molecule has 0 aliphatic heterocycles. The summed E-state index contributed by atoms with van der Waals surface area (Å²) in [6.45, 7) is 4.62. The molecular formula is C22H40S. The van der Waals surface area contributed by atoms with Gasteiger partial charge in [-0.1, -0.05) is 115 Å². The minimum atomic E-state index is 0. The van der Waals surface area contributed by atoms with Gasteiger partial charge in [0.2, 0.25) is 0 Å². The fourth-order valence-electron chi connectivity index (χ4n) is 3.38. The van der Waals surface area contributed by atoms with Crippen LogP contribution < -0.4 is 0 Å². The summed E-state index contributed by atoms with van der Waals surface area (Å²) >= 11 is 0. The summed E-state index contributed by atoms with van der Waals surface area (Å²) in [6, 6.07) is 11.0. The first-order chi connectivity index (χ1) is 10.9. The average molecular weight is 337 g/mol. The first kappa shape index (κ1) is 22.6. The highest BCUT2D eigenvalue weighted by molar-refractivity contribution is 7.59. The Labute approximate surface area is 152 Å². The van der Waals surface area contributed by atoms with Crippen LogP contribution in [0.5, 0.6) is 0 Å². The maximum atomic E-state index is 2.33. The quantitative estimate of drug-likeness (QED) is 0.306. The van der Waals surface area contributed by atoms with Crippen molar-refractivity contribution in [1.82, 2.24) is 0 Å². The molecule has 1 unspecified atom stereocenters. The minimum Gasteiger partial charge on any atom is -0.197 e. The van der Waals surface area contributed by atoms with E-state index < -0.39 is 0 Å². The van der Waals surface area contributed by atoms with Gasteiger partial charge in [0.15, 0.2) is 0 Å². The third-order valence-corrected chi connectivity index (χ3v) is 4.85. The Morgan fingerprint density at radius 1 is 0.652 bits per heavy atom. The Bertz CT molecular complexity index is 333. The van der Waals surface area contributed by atoms with Crippen molar-refractivity contribution in [3.8, 4) is 0 Å². The molecule has 0 saturated carbocycles. The fourth-order valence-corrected chi connectivity index (χ4v) is 3.38. The Kier molecular flexibility index (Phi) is 16.1. The monoisotopic (exact) mass is 336 g/mol. The van der Waals surface area contributed by atoms with Crippen molar-refractivity contribution in [2.45, 2.75) is 97.3 Å². The van der Waals surface area contributed by atoms with Gasteiger partial charge in [0.05, 0.1) is 0 Å². The van der Waals surface area contributed by atoms with E-state index in [1.165, 1.54) is 89.0 Å². The Hall–Kier alpha value is -0.430. The van der Waals surface area contributed by atoms with Crippen LogP contribution in [0.15, 0.2) is 30.3 Å². The molecule has 1 aromatic carbocycles. The van der Waals surface area contributed by atoms with Crippen LogP contribution in [-0.4, -0.2) is 0 Å². The van der Waals surface area contributed by atoms with Crippen LogP contribution in [0.1, 0.15) is 96.5 Å². The van der Waals surface area contributed by atoms with E-state index in [0.717, 1.165) is 5.92 Å². The molecule has 134 valence electrons. The topological polar surface area (TPSA) is 0 Å². The van der Waals surface area contributed by atoms with E-state index >= 15 is 0 Å². The van der Waals surface area contributed by atoms with Gasteiger partial charge in [0, 0.05) is 0 Å². The smallest absolute Gasteiger partial charge is 0.0279 e. The molecule has 0 nitrogen and oxygen atoms in total. The van der Waals surface area contributed by atoms with Crippen LogP contribution in [0.2, 0.25) is 0 Å². The molecule has 0 radical (unpaired) electrons. The van der Waals surface area contributed by atoms with Crippen LogP contribution >= 0.6 is 13.5 Å². The second kappa shape index (κ2) is 16.4. The summed E-state index contributed by atoms with van der Waals surface area (Å²) < 4.78 is 0. The van der Waals surface area contributed by atoms with Crippen molar-refractivity contribution in [3.63, 3.8) is 0 Å². The van der Waals surface area contributed by atoms with Crippen LogP contribution in [-0.2, 0) is 6.42 Å². The van der Waals surface area contributed by atoms with E-state index in [9.17, 15) is 0 Å². The zero-order valence-corrected chi connectivity index (χ0v) is 16.7. The molecule has 0 aliphatic carbocycles. The number of hydrogen-bond acceptors (Lipinski definition) is 0. The molecule has 0 N–H and O–H groups in total. The van der Waals surface area contributed by atoms with Gasteiger partial charge in [-0.3, -0.25) is 0 Å². The standard InChI is InChI=1S/C22H38.H2S/c1-3-5-7-8-9-11-16-21(15-6-4-2)19-14-20-22-17-12-10-13-18-22;/h10,12-13,17-18,21H,3-9,11,14-16,19-20H2,1-2H3;1H2. The predicted octanol–water partition coefficient (Wildman–Crippen LogP) is 7.68. The van der Waals surface area contributed by atoms with Gasteiger partial charge in [-0.15, -0.1) is 0 Å². The van der Waals surface area contributed by atoms with Gasteiger partial charge in [0.25, 0.3) is 0 Å². The molecular weight excluding hydrogens is 296 g/mol. The van der Waals surface area contributed by atoms with E-state index in [0.29, 0.717) is 0 Å². The third-order valence-electron chi connectivity index (χ3n) is 4.85. The Balaban J connectivity index is 0.00000484. The van der Waals surface area contributed by atoms with E-state index in [4.69, 9.17) is 0 Å². The SMILES string of the molecule is CCCCCCCCC(CCCC)CCCc1ccccc1.S. The maximum Gasteiger partial charge on any atom is -0.0279 e.